The van der Waals surface area contributed by atoms with Crippen molar-refractivity contribution in [2.75, 3.05) is 0 Å². The van der Waals surface area contributed by atoms with Crippen molar-refractivity contribution in [3.63, 3.8) is 0 Å². The lowest BCUT2D eigenvalue weighted by Crippen LogP contribution is -2.03. The third-order valence-electron chi connectivity index (χ3n) is 2.72. The number of benzene rings is 2. The molecule has 0 radical (unpaired) electrons. The van der Waals surface area contributed by atoms with Crippen molar-refractivity contribution in [2.24, 2.45) is 0 Å². The number of halogens is 2. The first-order valence-corrected chi connectivity index (χ1v) is 6.74. The molecular weight excluding hydrogens is 347 g/mol. The van der Waals surface area contributed by atoms with Crippen molar-refractivity contribution in [3.05, 3.63) is 67.7 Å². The lowest BCUT2D eigenvalue weighted by atomic mass is 10.00. The van der Waals surface area contributed by atoms with Crippen LogP contribution in [0.1, 0.15) is 22.8 Å². The molecule has 1 N–H and O–H groups in total. The van der Waals surface area contributed by atoms with E-state index in [0.29, 0.717) is 5.02 Å². The van der Waals surface area contributed by atoms with Crippen molar-refractivity contribution in [3.8, 4) is 0 Å². The van der Waals surface area contributed by atoms with Crippen LogP contribution in [0.15, 0.2) is 42.5 Å². The molecule has 17 heavy (non-hydrogen) atoms. The molecule has 0 aliphatic carbocycles. The highest BCUT2D eigenvalue weighted by atomic mass is 127. The lowest BCUT2D eigenvalue weighted by molar-refractivity contribution is 0.219. The summed E-state index contributed by atoms with van der Waals surface area (Å²) in [4.78, 5) is 0. The van der Waals surface area contributed by atoms with Gasteiger partial charge < -0.3 is 5.11 Å². The number of rotatable bonds is 2. The average molecular weight is 359 g/mol. The predicted molar refractivity (Wildman–Crippen MR) is 79.4 cm³/mol. The Morgan fingerprint density at radius 1 is 1.06 bits per heavy atom. The zero-order valence-electron chi connectivity index (χ0n) is 9.32. The van der Waals surface area contributed by atoms with Crippen LogP contribution in [0.25, 0.3) is 0 Å². The van der Waals surface area contributed by atoms with Gasteiger partial charge >= 0.3 is 0 Å². The largest absolute Gasteiger partial charge is 0.384 e. The molecule has 0 aliphatic heterocycles. The molecule has 1 unspecified atom stereocenters. The summed E-state index contributed by atoms with van der Waals surface area (Å²) < 4.78 is 1.08. The van der Waals surface area contributed by atoms with Gasteiger partial charge in [-0.15, -0.1) is 0 Å². The van der Waals surface area contributed by atoms with Gasteiger partial charge in [0.25, 0.3) is 0 Å². The van der Waals surface area contributed by atoms with Gasteiger partial charge in [-0.1, -0.05) is 48.0 Å². The summed E-state index contributed by atoms with van der Waals surface area (Å²) >= 11 is 8.35. The van der Waals surface area contributed by atoms with Crippen LogP contribution in [0, 0.1) is 10.5 Å². The van der Waals surface area contributed by atoms with Gasteiger partial charge in [-0.3, -0.25) is 0 Å². The maximum absolute atomic E-state index is 10.4. The standard InChI is InChI=1S/C14H12ClIO/c1-9-5-4-7-11(13(9)16)14(17)10-6-2-3-8-12(10)15/h2-8,14,17H,1H3. The van der Waals surface area contributed by atoms with E-state index in [-0.39, 0.29) is 0 Å². The van der Waals surface area contributed by atoms with Gasteiger partial charge in [0.15, 0.2) is 0 Å². The molecule has 88 valence electrons. The molecule has 2 aromatic carbocycles. The maximum Gasteiger partial charge on any atom is 0.107 e. The molecular formula is C14H12ClIO. The van der Waals surface area contributed by atoms with Crippen LogP contribution in [0.4, 0.5) is 0 Å². The van der Waals surface area contributed by atoms with Gasteiger partial charge in [-0.25, -0.2) is 0 Å². The summed E-state index contributed by atoms with van der Waals surface area (Å²) in [6, 6.07) is 13.3. The van der Waals surface area contributed by atoms with Crippen LogP contribution in [-0.2, 0) is 0 Å². The Morgan fingerprint density at radius 3 is 2.41 bits per heavy atom. The van der Waals surface area contributed by atoms with Crippen LogP contribution in [0.5, 0.6) is 0 Å². The average Bonchev–Trinajstić information content (AvgIpc) is 2.32. The smallest absolute Gasteiger partial charge is 0.107 e. The summed E-state index contributed by atoms with van der Waals surface area (Å²) in [7, 11) is 0. The van der Waals surface area contributed by atoms with E-state index >= 15 is 0 Å². The molecule has 0 saturated heterocycles. The first-order valence-electron chi connectivity index (χ1n) is 5.28. The SMILES string of the molecule is Cc1cccc(C(O)c2ccccc2Cl)c1I. The van der Waals surface area contributed by atoms with E-state index in [4.69, 9.17) is 11.6 Å². The quantitative estimate of drug-likeness (QED) is 0.792. The highest BCUT2D eigenvalue weighted by Crippen LogP contribution is 2.31. The molecule has 0 bridgehead atoms. The minimum absolute atomic E-state index is 0.595. The highest BCUT2D eigenvalue weighted by Gasteiger charge is 2.16. The molecule has 2 aromatic rings. The van der Waals surface area contributed by atoms with Crippen molar-refractivity contribution in [1.29, 1.82) is 0 Å². The van der Waals surface area contributed by atoms with E-state index in [1.54, 1.807) is 6.07 Å². The first kappa shape index (κ1) is 12.9. The minimum atomic E-state index is -0.671. The molecule has 0 spiro atoms. The molecule has 0 fully saturated rings. The second kappa shape index (κ2) is 5.38. The Morgan fingerprint density at radius 2 is 1.71 bits per heavy atom. The van der Waals surface area contributed by atoms with Crippen molar-refractivity contribution in [1.82, 2.24) is 0 Å². The maximum atomic E-state index is 10.4. The van der Waals surface area contributed by atoms with Crippen LogP contribution in [0.3, 0.4) is 0 Å². The van der Waals surface area contributed by atoms with Gasteiger partial charge in [-0.05, 0) is 46.7 Å². The van der Waals surface area contributed by atoms with Gasteiger partial charge in [0.05, 0.1) is 0 Å². The molecule has 1 nitrogen and oxygen atoms in total. The molecule has 1 atom stereocenters. The van der Waals surface area contributed by atoms with Crippen LogP contribution in [-0.4, -0.2) is 5.11 Å². The Hall–Kier alpha value is -0.580. The third-order valence-corrected chi connectivity index (χ3v) is 4.53. The van der Waals surface area contributed by atoms with Gasteiger partial charge in [0, 0.05) is 14.2 Å². The van der Waals surface area contributed by atoms with E-state index < -0.39 is 6.10 Å². The van der Waals surface area contributed by atoms with E-state index in [1.165, 1.54) is 0 Å². The molecule has 2 rings (SSSR count). The zero-order chi connectivity index (χ0) is 12.4. The minimum Gasteiger partial charge on any atom is -0.384 e. The van der Waals surface area contributed by atoms with Crippen molar-refractivity contribution >= 4 is 34.2 Å². The van der Waals surface area contributed by atoms with Crippen LogP contribution >= 0.6 is 34.2 Å². The molecule has 0 heterocycles. The van der Waals surface area contributed by atoms with Crippen LogP contribution in [0.2, 0.25) is 5.02 Å². The Kier molecular flexibility index (Phi) is 4.07. The molecule has 0 saturated carbocycles. The summed E-state index contributed by atoms with van der Waals surface area (Å²) in [5.41, 5.74) is 2.81. The Bertz CT molecular complexity index is 539. The second-order valence-corrected chi connectivity index (χ2v) is 5.39. The number of hydrogen-bond acceptors (Lipinski definition) is 1. The summed E-state index contributed by atoms with van der Waals surface area (Å²) in [5, 5.41) is 11.0. The predicted octanol–water partition coefficient (Wildman–Crippen LogP) is 4.33. The fraction of sp³-hybridized carbons (Fsp3) is 0.143. The fourth-order valence-corrected chi connectivity index (χ4v) is 2.64. The van der Waals surface area contributed by atoms with E-state index in [0.717, 1.165) is 20.3 Å². The van der Waals surface area contributed by atoms with E-state index in [9.17, 15) is 5.11 Å². The first-order chi connectivity index (χ1) is 8.11. The van der Waals surface area contributed by atoms with Crippen molar-refractivity contribution < 1.29 is 5.11 Å². The summed E-state index contributed by atoms with van der Waals surface area (Å²) in [6.07, 6.45) is -0.671. The van der Waals surface area contributed by atoms with Crippen LogP contribution < -0.4 is 0 Å². The number of aliphatic hydroxyl groups is 1. The van der Waals surface area contributed by atoms with Gasteiger partial charge in [-0.2, -0.15) is 0 Å². The molecule has 0 aliphatic rings. The third kappa shape index (κ3) is 2.64. The zero-order valence-corrected chi connectivity index (χ0v) is 12.2. The Balaban J connectivity index is 2.48. The molecule has 0 amide bonds. The molecule has 0 aromatic heterocycles. The monoisotopic (exact) mass is 358 g/mol. The fourth-order valence-electron chi connectivity index (χ4n) is 1.75. The Labute approximate surface area is 120 Å². The summed E-state index contributed by atoms with van der Waals surface area (Å²) in [5.74, 6) is 0. The van der Waals surface area contributed by atoms with E-state index in [2.05, 4.69) is 22.6 Å². The van der Waals surface area contributed by atoms with Crippen molar-refractivity contribution in [2.45, 2.75) is 13.0 Å². The summed E-state index contributed by atoms with van der Waals surface area (Å²) in [6.45, 7) is 2.03. The molecule has 3 heteroatoms. The van der Waals surface area contributed by atoms with Gasteiger partial charge in [0.1, 0.15) is 6.10 Å². The number of hydrogen-bond donors (Lipinski definition) is 1. The number of aliphatic hydroxyl groups excluding tert-OH is 1. The lowest BCUT2D eigenvalue weighted by Gasteiger charge is -2.15. The van der Waals surface area contributed by atoms with E-state index in [1.807, 2.05) is 43.3 Å². The normalized spacial score (nSPS) is 12.5. The highest BCUT2D eigenvalue weighted by molar-refractivity contribution is 14.1. The topological polar surface area (TPSA) is 20.2 Å². The number of aryl methyl sites for hydroxylation is 1. The van der Waals surface area contributed by atoms with Gasteiger partial charge in [0.2, 0.25) is 0 Å². The second-order valence-electron chi connectivity index (χ2n) is 3.90.